The number of carbonyl (C=O) groups excluding carboxylic acids is 1. The molecule has 0 aromatic heterocycles. The van der Waals surface area contributed by atoms with E-state index in [2.05, 4.69) is 12.1 Å². The number of piperidine rings is 1. The Morgan fingerprint density at radius 3 is 2.79 bits per heavy atom. The van der Waals surface area contributed by atoms with Crippen molar-refractivity contribution in [1.82, 2.24) is 0 Å². The Hall–Kier alpha value is -1.84. The van der Waals surface area contributed by atoms with Gasteiger partial charge in [-0.1, -0.05) is 6.07 Å². The van der Waals surface area contributed by atoms with Gasteiger partial charge in [0.2, 0.25) is 5.91 Å². The maximum atomic E-state index is 12.0. The summed E-state index contributed by atoms with van der Waals surface area (Å²) in [7, 11) is 0. The van der Waals surface area contributed by atoms with Crippen molar-refractivity contribution in [3.05, 3.63) is 29.3 Å². The third-order valence-corrected chi connectivity index (χ3v) is 4.15. The minimum Gasteiger partial charge on any atom is -0.481 e. The molecule has 1 aliphatic carbocycles. The molecule has 1 atom stereocenters. The molecule has 1 fully saturated rings. The number of aliphatic carboxylic acids is 1. The molecule has 1 heterocycles. The molecule has 19 heavy (non-hydrogen) atoms. The Kier molecular flexibility index (Phi) is 3.01. The normalized spacial score (nSPS) is 22.4. The Labute approximate surface area is 112 Å². The van der Waals surface area contributed by atoms with Crippen LogP contribution in [0.3, 0.4) is 0 Å². The predicted molar refractivity (Wildman–Crippen MR) is 71.2 cm³/mol. The quantitative estimate of drug-likeness (QED) is 0.883. The lowest BCUT2D eigenvalue weighted by atomic mass is 9.96. The molecule has 1 unspecified atom stereocenters. The maximum absolute atomic E-state index is 12.0. The Morgan fingerprint density at radius 1 is 1.21 bits per heavy atom. The Morgan fingerprint density at radius 2 is 2.00 bits per heavy atom. The van der Waals surface area contributed by atoms with E-state index in [1.165, 1.54) is 17.5 Å². The van der Waals surface area contributed by atoms with Gasteiger partial charge in [0, 0.05) is 18.7 Å². The summed E-state index contributed by atoms with van der Waals surface area (Å²) in [6, 6.07) is 6.09. The van der Waals surface area contributed by atoms with Crippen molar-refractivity contribution in [1.29, 1.82) is 0 Å². The molecule has 100 valence electrons. The zero-order valence-corrected chi connectivity index (χ0v) is 10.8. The number of benzene rings is 1. The topological polar surface area (TPSA) is 57.6 Å². The highest BCUT2D eigenvalue weighted by Gasteiger charge is 2.31. The minimum atomic E-state index is -0.807. The Bertz CT molecular complexity index is 538. The van der Waals surface area contributed by atoms with Crippen molar-refractivity contribution in [2.24, 2.45) is 5.92 Å². The second-order valence-electron chi connectivity index (χ2n) is 5.38. The number of fused-ring (bicyclic) bond motifs is 1. The largest absolute Gasteiger partial charge is 0.481 e. The van der Waals surface area contributed by atoms with Crippen molar-refractivity contribution in [3.63, 3.8) is 0 Å². The van der Waals surface area contributed by atoms with Crippen LogP contribution < -0.4 is 4.90 Å². The lowest BCUT2D eigenvalue weighted by molar-refractivity contribution is -0.142. The van der Waals surface area contributed by atoms with E-state index in [0.717, 1.165) is 18.5 Å². The number of amides is 1. The summed E-state index contributed by atoms with van der Waals surface area (Å²) >= 11 is 0. The van der Waals surface area contributed by atoms with Crippen molar-refractivity contribution in [3.8, 4) is 0 Å². The van der Waals surface area contributed by atoms with Crippen LogP contribution in [0.2, 0.25) is 0 Å². The fourth-order valence-corrected chi connectivity index (χ4v) is 3.02. The first kappa shape index (κ1) is 12.2. The van der Waals surface area contributed by atoms with Gasteiger partial charge in [-0.25, -0.2) is 0 Å². The van der Waals surface area contributed by atoms with Crippen molar-refractivity contribution >= 4 is 17.6 Å². The average Bonchev–Trinajstić information content (AvgIpc) is 2.86. The van der Waals surface area contributed by atoms with Crippen LogP contribution >= 0.6 is 0 Å². The maximum Gasteiger partial charge on any atom is 0.308 e. The molecule has 2 aliphatic rings. The van der Waals surface area contributed by atoms with E-state index < -0.39 is 11.9 Å². The van der Waals surface area contributed by atoms with Crippen LogP contribution in [-0.2, 0) is 22.4 Å². The molecule has 0 radical (unpaired) electrons. The van der Waals surface area contributed by atoms with E-state index in [-0.39, 0.29) is 5.91 Å². The molecule has 0 bridgehead atoms. The molecule has 4 heteroatoms. The first-order valence-corrected chi connectivity index (χ1v) is 6.80. The van der Waals surface area contributed by atoms with E-state index in [1.54, 1.807) is 4.90 Å². The van der Waals surface area contributed by atoms with Crippen LogP contribution in [0.5, 0.6) is 0 Å². The number of carboxylic acids is 1. The second-order valence-corrected chi connectivity index (χ2v) is 5.38. The summed E-state index contributed by atoms with van der Waals surface area (Å²) in [5, 5.41) is 9.11. The summed E-state index contributed by atoms with van der Waals surface area (Å²) in [4.78, 5) is 24.7. The molecule has 4 nitrogen and oxygen atoms in total. The molecule has 1 aliphatic heterocycles. The van der Waals surface area contributed by atoms with Crippen LogP contribution in [0.25, 0.3) is 0 Å². The molecular weight excluding hydrogens is 242 g/mol. The van der Waals surface area contributed by atoms with Gasteiger partial charge in [-0.2, -0.15) is 0 Å². The molecule has 1 aromatic carbocycles. The van der Waals surface area contributed by atoms with Crippen molar-refractivity contribution < 1.29 is 14.7 Å². The molecular formula is C15H17NO3. The third kappa shape index (κ3) is 2.23. The van der Waals surface area contributed by atoms with Gasteiger partial charge in [0.05, 0.1) is 5.92 Å². The van der Waals surface area contributed by atoms with Crippen LogP contribution in [0, 0.1) is 5.92 Å². The summed E-state index contributed by atoms with van der Waals surface area (Å²) in [5.41, 5.74) is 3.53. The number of anilines is 1. The highest BCUT2D eigenvalue weighted by molar-refractivity contribution is 5.95. The first-order valence-electron chi connectivity index (χ1n) is 6.80. The number of carboxylic acid groups (broad SMARTS) is 1. The highest BCUT2D eigenvalue weighted by atomic mass is 16.4. The van der Waals surface area contributed by atoms with Gasteiger partial charge in [-0.05, 0) is 48.9 Å². The lowest BCUT2D eigenvalue weighted by Crippen LogP contribution is -2.42. The summed E-state index contributed by atoms with van der Waals surface area (Å²) in [6.45, 7) is 0.299. The van der Waals surface area contributed by atoms with Gasteiger partial charge in [0.15, 0.2) is 0 Å². The van der Waals surface area contributed by atoms with E-state index in [9.17, 15) is 9.59 Å². The molecule has 0 spiro atoms. The molecule has 0 saturated carbocycles. The van der Waals surface area contributed by atoms with Gasteiger partial charge in [-0.3, -0.25) is 9.59 Å². The molecule has 1 N–H and O–H groups in total. The lowest BCUT2D eigenvalue weighted by Gasteiger charge is -2.31. The highest BCUT2D eigenvalue weighted by Crippen LogP contribution is 2.29. The van der Waals surface area contributed by atoms with Crippen molar-refractivity contribution in [2.75, 3.05) is 11.4 Å². The second kappa shape index (κ2) is 4.68. The van der Waals surface area contributed by atoms with E-state index in [1.807, 2.05) is 6.07 Å². The molecule has 1 saturated heterocycles. The van der Waals surface area contributed by atoms with Gasteiger partial charge in [0.1, 0.15) is 0 Å². The van der Waals surface area contributed by atoms with E-state index in [4.69, 9.17) is 5.11 Å². The molecule has 3 rings (SSSR count). The minimum absolute atomic E-state index is 0.0375. The van der Waals surface area contributed by atoms with Crippen LogP contribution in [0.15, 0.2) is 18.2 Å². The fourth-order valence-electron chi connectivity index (χ4n) is 3.02. The van der Waals surface area contributed by atoms with Gasteiger partial charge < -0.3 is 10.0 Å². The number of hydrogen-bond donors (Lipinski definition) is 1. The van der Waals surface area contributed by atoms with Gasteiger partial charge in [0.25, 0.3) is 0 Å². The van der Waals surface area contributed by atoms with E-state index in [0.29, 0.717) is 19.4 Å². The van der Waals surface area contributed by atoms with Gasteiger partial charge >= 0.3 is 5.97 Å². The van der Waals surface area contributed by atoms with Crippen LogP contribution in [-0.4, -0.2) is 23.5 Å². The molecule has 1 amide bonds. The summed E-state index contributed by atoms with van der Waals surface area (Å²) in [5.74, 6) is -1.21. The third-order valence-electron chi connectivity index (χ3n) is 4.15. The first-order chi connectivity index (χ1) is 9.15. The number of hydrogen-bond acceptors (Lipinski definition) is 2. The number of carbonyl (C=O) groups is 2. The smallest absolute Gasteiger partial charge is 0.308 e. The number of aryl methyl sites for hydroxylation is 2. The van der Waals surface area contributed by atoms with Crippen LogP contribution in [0.1, 0.15) is 30.4 Å². The molecule has 1 aromatic rings. The predicted octanol–water partition coefficient (Wildman–Crippen LogP) is 2.00. The van der Waals surface area contributed by atoms with Crippen molar-refractivity contribution in [2.45, 2.75) is 32.1 Å². The summed E-state index contributed by atoms with van der Waals surface area (Å²) < 4.78 is 0. The zero-order chi connectivity index (χ0) is 13.4. The van der Waals surface area contributed by atoms with E-state index >= 15 is 0 Å². The Balaban J connectivity index is 1.87. The summed E-state index contributed by atoms with van der Waals surface area (Å²) in [6.07, 6.45) is 4.13. The van der Waals surface area contributed by atoms with Crippen LogP contribution in [0.4, 0.5) is 5.69 Å². The monoisotopic (exact) mass is 259 g/mol. The fraction of sp³-hybridized carbons (Fsp3) is 0.467. The van der Waals surface area contributed by atoms with Gasteiger partial charge in [-0.15, -0.1) is 0 Å². The number of rotatable bonds is 2. The SMILES string of the molecule is O=C(O)C1CCC(=O)N(c2ccc3c(c2)CCC3)C1. The average molecular weight is 259 g/mol. The standard InChI is InChI=1S/C15H17NO3/c17-14-7-5-12(15(18)19)9-16(14)13-6-4-10-2-1-3-11(10)8-13/h4,6,8,12H,1-3,5,7,9H2,(H,18,19). The zero-order valence-electron chi connectivity index (χ0n) is 10.8. The number of nitrogens with zero attached hydrogens (tertiary/aromatic N) is 1.